The van der Waals surface area contributed by atoms with Gasteiger partial charge in [0, 0.05) is 6.54 Å². The van der Waals surface area contributed by atoms with Crippen LogP contribution in [0.5, 0.6) is 0 Å². The number of aliphatic hydroxyl groups is 1. The maximum Gasteiger partial charge on any atom is 0.0647 e. The van der Waals surface area contributed by atoms with Gasteiger partial charge in [-0.1, -0.05) is 25.7 Å². The third kappa shape index (κ3) is 4.17. The van der Waals surface area contributed by atoms with Gasteiger partial charge in [0.15, 0.2) is 0 Å². The Balaban J connectivity index is 2.49. The Morgan fingerprint density at radius 2 is 1.88 bits per heavy atom. The molecular formula is C14H25NOS. The molecule has 0 aliphatic heterocycles. The molecule has 0 heterocycles. The van der Waals surface area contributed by atoms with Crippen molar-refractivity contribution in [3.8, 4) is 0 Å². The van der Waals surface area contributed by atoms with Gasteiger partial charge in [-0.3, -0.25) is 0 Å². The summed E-state index contributed by atoms with van der Waals surface area (Å²) in [4.78, 5) is 3.94. The topological polar surface area (TPSA) is 32.6 Å². The molecule has 1 rings (SSSR count). The second kappa shape index (κ2) is 6.63. The Bertz CT molecular complexity index is 270. The predicted molar refractivity (Wildman–Crippen MR) is 75.6 cm³/mol. The summed E-state index contributed by atoms with van der Waals surface area (Å²) >= 11 is 4.55. The van der Waals surface area contributed by atoms with Crippen molar-refractivity contribution in [2.75, 3.05) is 6.54 Å². The molecule has 1 aliphatic carbocycles. The Hall–Kier alpha value is -0.240. The summed E-state index contributed by atoms with van der Waals surface area (Å²) in [6, 6.07) is 0. The van der Waals surface area contributed by atoms with Crippen LogP contribution in [0.1, 0.15) is 65.2 Å². The third-order valence-corrected chi connectivity index (χ3v) is 4.48. The highest BCUT2D eigenvalue weighted by Crippen LogP contribution is 2.48. The van der Waals surface area contributed by atoms with Crippen LogP contribution in [0.25, 0.3) is 0 Å². The number of rotatable bonds is 6. The van der Waals surface area contributed by atoms with Crippen LogP contribution in [0.4, 0.5) is 0 Å². The van der Waals surface area contributed by atoms with Gasteiger partial charge in [0.25, 0.3) is 0 Å². The van der Waals surface area contributed by atoms with Crippen molar-refractivity contribution >= 4 is 17.4 Å². The van der Waals surface area contributed by atoms with Crippen LogP contribution in [0.15, 0.2) is 4.99 Å². The van der Waals surface area contributed by atoms with E-state index in [2.05, 4.69) is 22.4 Å². The molecule has 0 aromatic rings. The quantitative estimate of drug-likeness (QED) is 0.442. The van der Waals surface area contributed by atoms with Gasteiger partial charge < -0.3 is 5.11 Å². The van der Waals surface area contributed by atoms with E-state index in [1.807, 2.05) is 13.8 Å². The molecule has 98 valence electrons. The molecule has 1 saturated carbocycles. The molecular weight excluding hydrogens is 230 g/mol. The van der Waals surface area contributed by atoms with Crippen molar-refractivity contribution < 1.29 is 5.11 Å². The number of thiocarbonyl (C=S) groups is 1. The molecule has 0 aromatic carbocycles. The molecule has 0 spiro atoms. The maximum atomic E-state index is 10.4. The molecule has 1 N–H and O–H groups in total. The lowest BCUT2D eigenvalue weighted by molar-refractivity contribution is -0.0829. The second-order valence-corrected chi connectivity index (χ2v) is 6.01. The molecule has 0 saturated heterocycles. The van der Waals surface area contributed by atoms with E-state index in [1.165, 1.54) is 32.1 Å². The molecule has 0 radical (unpaired) electrons. The van der Waals surface area contributed by atoms with Gasteiger partial charge in [0.1, 0.15) is 0 Å². The van der Waals surface area contributed by atoms with Crippen LogP contribution in [-0.2, 0) is 0 Å². The molecule has 0 atom stereocenters. The molecule has 2 nitrogen and oxygen atoms in total. The van der Waals surface area contributed by atoms with E-state index in [4.69, 9.17) is 0 Å². The van der Waals surface area contributed by atoms with E-state index in [0.717, 1.165) is 25.8 Å². The normalized spacial score (nSPS) is 19.7. The van der Waals surface area contributed by atoms with Crippen molar-refractivity contribution in [1.82, 2.24) is 0 Å². The van der Waals surface area contributed by atoms with E-state index >= 15 is 0 Å². The number of aliphatic imine (C=N–C) groups is 1. The average Bonchev–Trinajstić information content (AvgIpc) is 2.29. The minimum atomic E-state index is -0.555. The first-order valence-electron chi connectivity index (χ1n) is 6.78. The zero-order valence-corrected chi connectivity index (χ0v) is 12.0. The summed E-state index contributed by atoms with van der Waals surface area (Å²) < 4.78 is 0. The van der Waals surface area contributed by atoms with E-state index in [0.29, 0.717) is 0 Å². The molecule has 0 aromatic heterocycles. The smallest absolute Gasteiger partial charge is 0.0647 e. The van der Waals surface area contributed by atoms with Crippen LogP contribution in [-0.4, -0.2) is 22.4 Å². The average molecular weight is 255 g/mol. The van der Waals surface area contributed by atoms with Crippen molar-refractivity contribution in [1.29, 1.82) is 0 Å². The third-order valence-electron chi connectivity index (χ3n) is 4.35. The fourth-order valence-corrected chi connectivity index (χ4v) is 3.19. The summed E-state index contributed by atoms with van der Waals surface area (Å²) in [6.45, 7) is 4.74. The molecule has 1 fully saturated rings. The highest BCUT2D eigenvalue weighted by atomic mass is 32.1. The number of hydrogen-bond donors (Lipinski definition) is 1. The monoisotopic (exact) mass is 255 g/mol. The second-order valence-electron chi connectivity index (χ2n) is 5.83. The Kier molecular flexibility index (Phi) is 5.78. The molecule has 0 amide bonds. The van der Waals surface area contributed by atoms with Crippen LogP contribution >= 0.6 is 12.2 Å². The van der Waals surface area contributed by atoms with Gasteiger partial charge in [-0.2, -0.15) is 0 Å². The first-order valence-corrected chi connectivity index (χ1v) is 7.19. The Morgan fingerprint density at radius 1 is 1.24 bits per heavy atom. The summed E-state index contributed by atoms with van der Waals surface area (Å²) in [5.74, 6) is 0. The number of isothiocyanates is 1. The van der Waals surface area contributed by atoms with Gasteiger partial charge in [-0.05, 0) is 57.2 Å². The van der Waals surface area contributed by atoms with E-state index in [-0.39, 0.29) is 5.41 Å². The fourth-order valence-electron chi connectivity index (χ4n) is 3.10. The predicted octanol–water partition coefficient (Wildman–Crippen LogP) is 3.98. The Morgan fingerprint density at radius 3 is 2.41 bits per heavy atom. The highest BCUT2D eigenvalue weighted by molar-refractivity contribution is 7.78. The lowest BCUT2D eigenvalue weighted by Gasteiger charge is -2.46. The largest absolute Gasteiger partial charge is 0.390 e. The van der Waals surface area contributed by atoms with Crippen LogP contribution in [0.3, 0.4) is 0 Å². The van der Waals surface area contributed by atoms with Crippen molar-refractivity contribution in [2.24, 2.45) is 10.4 Å². The lowest BCUT2D eigenvalue weighted by Crippen LogP contribution is -2.45. The zero-order valence-electron chi connectivity index (χ0n) is 11.2. The Labute approximate surface area is 111 Å². The first-order chi connectivity index (χ1) is 8.02. The summed E-state index contributed by atoms with van der Waals surface area (Å²) in [7, 11) is 0. The summed E-state index contributed by atoms with van der Waals surface area (Å²) in [5.41, 5.74) is -0.423. The molecule has 0 bridgehead atoms. The minimum Gasteiger partial charge on any atom is -0.390 e. The van der Waals surface area contributed by atoms with Crippen LogP contribution in [0, 0.1) is 5.41 Å². The number of nitrogens with zero attached hydrogens (tertiary/aromatic N) is 1. The fraction of sp³-hybridized carbons (Fsp3) is 0.929. The van der Waals surface area contributed by atoms with Gasteiger partial charge >= 0.3 is 0 Å². The molecule has 1 aliphatic rings. The van der Waals surface area contributed by atoms with Crippen LogP contribution in [0.2, 0.25) is 0 Å². The first kappa shape index (κ1) is 14.8. The van der Waals surface area contributed by atoms with E-state index in [1.54, 1.807) is 0 Å². The van der Waals surface area contributed by atoms with Crippen molar-refractivity contribution in [3.63, 3.8) is 0 Å². The molecule has 17 heavy (non-hydrogen) atoms. The number of unbranched alkanes of at least 4 members (excludes halogenated alkanes) is 1. The van der Waals surface area contributed by atoms with Gasteiger partial charge in [-0.15, -0.1) is 0 Å². The van der Waals surface area contributed by atoms with Crippen molar-refractivity contribution in [3.05, 3.63) is 0 Å². The lowest BCUT2D eigenvalue weighted by atomic mass is 9.62. The van der Waals surface area contributed by atoms with E-state index < -0.39 is 5.60 Å². The van der Waals surface area contributed by atoms with Gasteiger partial charge in [0.05, 0.1) is 10.8 Å². The van der Waals surface area contributed by atoms with Crippen LogP contribution < -0.4 is 0 Å². The molecule has 3 heteroatoms. The number of hydrogen-bond acceptors (Lipinski definition) is 3. The maximum absolute atomic E-state index is 10.4. The minimum absolute atomic E-state index is 0.132. The standard InChI is InChI=1S/C14H25NOS/c1-13(2,16)14(8-4-3-5-9-14)10-6-7-11-15-12-17/h16H,3-11H2,1-2H3. The van der Waals surface area contributed by atoms with Crippen molar-refractivity contribution in [2.45, 2.75) is 70.8 Å². The zero-order chi connectivity index (χ0) is 12.8. The SMILES string of the molecule is CC(C)(O)C1(CCCCN=C=S)CCCCC1. The summed E-state index contributed by atoms with van der Waals surface area (Å²) in [6.07, 6.45) is 9.51. The molecule has 0 unspecified atom stereocenters. The summed E-state index contributed by atoms with van der Waals surface area (Å²) in [5, 5.41) is 12.8. The highest BCUT2D eigenvalue weighted by Gasteiger charge is 2.43. The van der Waals surface area contributed by atoms with E-state index in [9.17, 15) is 5.11 Å². The van der Waals surface area contributed by atoms with Gasteiger partial charge in [0.2, 0.25) is 0 Å². The van der Waals surface area contributed by atoms with Gasteiger partial charge in [-0.25, -0.2) is 4.99 Å².